The van der Waals surface area contributed by atoms with Gasteiger partial charge in [0.15, 0.2) is 0 Å². The summed E-state index contributed by atoms with van der Waals surface area (Å²) in [5, 5.41) is 13.4. The summed E-state index contributed by atoms with van der Waals surface area (Å²) < 4.78 is 0.793. The number of amides is 1. The van der Waals surface area contributed by atoms with Gasteiger partial charge in [-0.3, -0.25) is 9.59 Å². The standard InChI is InChI=1S/C11H8ClNO3S/c12-6-1-2-9-7(3-6)11(16)8(5-17-9)13-10(15)4-14/h1-3,5,14H,4H2,(H,13,15). The van der Waals surface area contributed by atoms with E-state index in [1.54, 1.807) is 23.6 Å². The minimum absolute atomic E-state index is 0.156. The third-order valence-corrected chi connectivity index (χ3v) is 3.35. The largest absolute Gasteiger partial charge is 0.387 e. The Bertz CT molecular complexity index is 638. The van der Waals surface area contributed by atoms with Crippen molar-refractivity contribution in [2.75, 3.05) is 11.9 Å². The summed E-state index contributed by atoms with van der Waals surface area (Å²) in [5.74, 6) is -0.615. The van der Waals surface area contributed by atoms with E-state index in [2.05, 4.69) is 5.32 Å². The fourth-order valence-electron chi connectivity index (χ4n) is 1.38. The summed E-state index contributed by atoms with van der Waals surface area (Å²) in [6.45, 7) is -0.655. The quantitative estimate of drug-likeness (QED) is 0.874. The predicted molar refractivity (Wildman–Crippen MR) is 68.8 cm³/mol. The van der Waals surface area contributed by atoms with Crippen LogP contribution in [0.15, 0.2) is 28.4 Å². The number of carbonyl (C=O) groups is 1. The topological polar surface area (TPSA) is 66.4 Å². The lowest BCUT2D eigenvalue weighted by atomic mass is 10.2. The van der Waals surface area contributed by atoms with E-state index in [0.29, 0.717) is 10.4 Å². The van der Waals surface area contributed by atoms with Gasteiger partial charge in [0.05, 0.1) is 5.69 Å². The number of fused-ring (bicyclic) bond motifs is 1. The van der Waals surface area contributed by atoms with E-state index in [-0.39, 0.29) is 11.1 Å². The summed E-state index contributed by atoms with van der Waals surface area (Å²) in [5.41, 5.74) is -0.146. The van der Waals surface area contributed by atoms with Crippen molar-refractivity contribution >= 4 is 44.6 Å². The number of rotatable bonds is 2. The Kier molecular flexibility index (Phi) is 3.42. The minimum Gasteiger partial charge on any atom is -0.387 e. The fraction of sp³-hybridized carbons (Fsp3) is 0.0909. The Morgan fingerprint density at radius 1 is 1.47 bits per heavy atom. The van der Waals surface area contributed by atoms with Gasteiger partial charge in [0.25, 0.3) is 0 Å². The summed E-state index contributed by atoms with van der Waals surface area (Å²) in [6.07, 6.45) is 0. The highest BCUT2D eigenvalue weighted by atomic mass is 35.5. The van der Waals surface area contributed by atoms with Crippen LogP contribution in [0.2, 0.25) is 5.02 Å². The predicted octanol–water partition coefficient (Wildman–Crippen LogP) is 1.85. The van der Waals surface area contributed by atoms with Crippen LogP contribution in [0, 0.1) is 0 Å². The van der Waals surface area contributed by atoms with Gasteiger partial charge in [-0.25, -0.2) is 0 Å². The average Bonchev–Trinajstić information content (AvgIpc) is 2.33. The van der Waals surface area contributed by atoms with Crippen molar-refractivity contribution in [1.29, 1.82) is 0 Å². The van der Waals surface area contributed by atoms with E-state index in [0.717, 1.165) is 4.70 Å². The highest BCUT2D eigenvalue weighted by molar-refractivity contribution is 7.16. The molecule has 1 aromatic heterocycles. The second-order valence-corrected chi connectivity index (χ2v) is 4.67. The molecule has 0 atom stereocenters. The first-order valence-corrected chi connectivity index (χ1v) is 5.99. The molecule has 4 nitrogen and oxygen atoms in total. The van der Waals surface area contributed by atoms with Crippen LogP contribution in [0.1, 0.15) is 0 Å². The highest BCUT2D eigenvalue weighted by Gasteiger charge is 2.08. The zero-order valence-corrected chi connectivity index (χ0v) is 10.1. The van der Waals surface area contributed by atoms with Gasteiger partial charge in [-0.05, 0) is 18.2 Å². The third-order valence-electron chi connectivity index (χ3n) is 2.15. The van der Waals surface area contributed by atoms with Crippen LogP contribution >= 0.6 is 22.9 Å². The van der Waals surface area contributed by atoms with Crippen molar-refractivity contribution < 1.29 is 9.90 Å². The summed E-state index contributed by atoms with van der Waals surface area (Å²) >= 11 is 7.14. The molecule has 0 radical (unpaired) electrons. The number of aliphatic hydroxyl groups is 1. The number of aliphatic hydroxyl groups excluding tert-OH is 1. The van der Waals surface area contributed by atoms with Gasteiger partial charge < -0.3 is 10.4 Å². The second-order valence-electron chi connectivity index (χ2n) is 3.33. The molecular weight excluding hydrogens is 262 g/mol. The molecule has 0 spiro atoms. The molecule has 6 heteroatoms. The van der Waals surface area contributed by atoms with Crippen LogP contribution < -0.4 is 10.7 Å². The molecule has 0 aliphatic heterocycles. The van der Waals surface area contributed by atoms with Crippen molar-refractivity contribution in [3.63, 3.8) is 0 Å². The van der Waals surface area contributed by atoms with E-state index in [4.69, 9.17) is 16.7 Å². The van der Waals surface area contributed by atoms with Crippen LogP contribution in [-0.2, 0) is 4.79 Å². The van der Waals surface area contributed by atoms with Crippen molar-refractivity contribution in [2.45, 2.75) is 0 Å². The lowest BCUT2D eigenvalue weighted by molar-refractivity contribution is -0.118. The van der Waals surface area contributed by atoms with E-state index in [1.807, 2.05) is 0 Å². The summed E-state index contributed by atoms with van der Waals surface area (Å²) in [6, 6.07) is 5.01. The molecule has 0 aliphatic carbocycles. The van der Waals surface area contributed by atoms with Crippen LogP contribution in [0.25, 0.3) is 10.1 Å². The normalized spacial score (nSPS) is 10.5. The number of halogens is 1. The van der Waals surface area contributed by atoms with E-state index in [1.165, 1.54) is 11.3 Å². The first-order valence-electron chi connectivity index (χ1n) is 4.73. The number of hydrogen-bond acceptors (Lipinski definition) is 4. The van der Waals surface area contributed by atoms with Crippen LogP contribution in [-0.4, -0.2) is 17.6 Å². The molecule has 0 unspecified atom stereocenters. The van der Waals surface area contributed by atoms with Gasteiger partial charge in [0.2, 0.25) is 11.3 Å². The second kappa shape index (κ2) is 4.83. The van der Waals surface area contributed by atoms with Gasteiger partial charge in [-0.15, -0.1) is 11.3 Å². The molecule has 2 rings (SSSR count). The molecule has 0 saturated heterocycles. The molecule has 17 heavy (non-hydrogen) atoms. The van der Waals surface area contributed by atoms with Gasteiger partial charge in [-0.2, -0.15) is 0 Å². The van der Waals surface area contributed by atoms with E-state index in [9.17, 15) is 9.59 Å². The summed E-state index contributed by atoms with van der Waals surface area (Å²) in [4.78, 5) is 23.0. The Labute approximate surface area is 105 Å². The number of benzene rings is 1. The number of carbonyl (C=O) groups excluding carboxylic acids is 1. The molecule has 2 aromatic rings. The van der Waals surface area contributed by atoms with Gasteiger partial charge >= 0.3 is 0 Å². The van der Waals surface area contributed by atoms with Gasteiger partial charge in [0.1, 0.15) is 6.61 Å². The molecule has 1 heterocycles. The van der Waals surface area contributed by atoms with Crippen molar-refractivity contribution in [2.24, 2.45) is 0 Å². The number of anilines is 1. The van der Waals surface area contributed by atoms with E-state index >= 15 is 0 Å². The first-order chi connectivity index (χ1) is 8.11. The van der Waals surface area contributed by atoms with Crippen molar-refractivity contribution in [3.8, 4) is 0 Å². The zero-order chi connectivity index (χ0) is 12.4. The third kappa shape index (κ3) is 2.46. The fourth-order valence-corrected chi connectivity index (χ4v) is 2.39. The number of nitrogens with one attached hydrogen (secondary N) is 1. The monoisotopic (exact) mass is 269 g/mol. The molecule has 0 saturated carbocycles. The number of hydrogen-bond donors (Lipinski definition) is 2. The van der Waals surface area contributed by atoms with Gasteiger partial charge in [-0.1, -0.05) is 11.6 Å². The molecule has 88 valence electrons. The molecule has 2 N–H and O–H groups in total. The average molecular weight is 270 g/mol. The molecule has 1 amide bonds. The van der Waals surface area contributed by atoms with Crippen molar-refractivity contribution in [1.82, 2.24) is 0 Å². The Morgan fingerprint density at radius 3 is 2.94 bits per heavy atom. The lowest BCUT2D eigenvalue weighted by Gasteiger charge is -2.03. The first kappa shape index (κ1) is 12.0. The molecular formula is C11H8ClNO3S. The van der Waals surface area contributed by atoms with Crippen molar-refractivity contribution in [3.05, 3.63) is 38.8 Å². The van der Waals surface area contributed by atoms with Gasteiger partial charge in [0, 0.05) is 20.5 Å². The SMILES string of the molecule is O=C(CO)Nc1csc2ccc(Cl)cc2c1=O. The molecule has 0 bridgehead atoms. The smallest absolute Gasteiger partial charge is 0.250 e. The zero-order valence-electron chi connectivity index (χ0n) is 8.57. The molecule has 0 aliphatic rings. The Hall–Kier alpha value is -1.43. The van der Waals surface area contributed by atoms with Crippen LogP contribution in [0.5, 0.6) is 0 Å². The lowest BCUT2D eigenvalue weighted by Crippen LogP contribution is -2.20. The maximum atomic E-state index is 12.0. The maximum Gasteiger partial charge on any atom is 0.250 e. The molecule has 1 aromatic carbocycles. The van der Waals surface area contributed by atoms with Crippen LogP contribution in [0.4, 0.5) is 5.69 Å². The maximum absolute atomic E-state index is 12.0. The highest BCUT2D eigenvalue weighted by Crippen LogP contribution is 2.22. The minimum atomic E-state index is -0.655. The summed E-state index contributed by atoms with van der Waals surface area (Å²) in [7, 11) is 0. The Morgan fingerprint density at radius 2 is 2.24 bits per heavy atom. The van der Waals surface area contributed by atoms with E-state index < -0.39 is 12.5 Å². The molecule has 0 fully saturated rings. The van der Waals surface area contributed by atoms with Crippen LogP contribution in [0.3, 0.4) is 0 Å². The Balaban J connectivity index is 2.57.